The third-order valence-corrected chi connectivity index (χ3v) is 4.19. The van der Waals surface area contributed by atoms with Crippen LogP contribution in [0.25, 0.3) is 11.1 Å². The van der Waals surface area contributed by atoms with Gasteiger partial charge in [-0.1, -0.05) is 74.5 Å². The fourth-order valence-electron chi connectivity index (χ4n) is 2.87. The molecule has 0 aliphatic heterocycles. The van der Waals surface area contributed by atoms with E-state index in [9.17, 15) is 0 Å². The monoisotopic (exact) mass is 574 g/mol. The Balaban J connectivity index is 0.000000452. The molecule has 0 heterocycles. The Morgan fingerprint density at radius 3 is 1.20 bits per heavy atom. The molecule has 0 nitrogen and oxygen atoms in total. The molecule has 0 saturated heterocycles. The van der Waals surface area contributed by atoms with Gasteiger partial charge in [0.2, 0.25) is 0 Å². The maximum absolute atomic E-state index is 3.29. The molecule has 0 N–H and O–H groups in total. The molecule has 156 valence electrons. The van der Waals surface area contributed by atoms with Crippen LogP contribution in [0.4, 0.5) is 0 Å². The van der Waals surface area contributed by atoms with Gasteiger partial charge in [0, 0.05) is 0 Å². The molecule has 0 spiro atoms. The number of benzene rings is 2. The van der Waals surface area contributed by atoms with Gasteiger partial charge in [0.15, 0.2) is 0 Å². The summed E-state index contributed by atoms with van der Waals surface area (Å²) in [6.07, 6.45) is 12.9. The molecule has 4 rings (SSSR count). The van der Waals surface area contributed by atoms with Crippen LogP contribution < -0.4 is 24.8 Å². The first-order chi connectivity index (χ1) is 13.5. The van der Waals surface area contributed by atoms with Crippen LogP contribution in [-0.2, 0) is 21.6 Å². The summed E-state index contributed by atoms with van der Waals surface area (Å²) in [5.41, 5.74) is 7.92. The maximum Gasteiger partial charge on any atom is -1.00 e. The van der Waals surface area contributed by atoms with E-state index in [0.717, 1.165) is 12.8 Å². The third-order valence-electron chi connectivity index (χ3n) is 4.19. The molecule has 0 aromatic heterocycles. The van der Waals surface area contributed by atoms with Crippen molar-refractivity contribution in [2.24, 2.45) is 0 Å². The summed E-state index contributed by atoms with van der Waals surface area (Å²) in [6.45, 7) is 4.19. The number of hydrogen-bond donors (Lipinski definition) is 0. The van der Waals surface area contributed by atoms with Crippen LogP contribution in [0.1, 0.15) is 37.8 Å². The predicted molar refractivity (Wildman–Crippen MR) is 120 cm³/mol. The average molecular weight is 575 g/mol. The van der Waals surface area contributed by atoms with Crippen molar-refractivity contribution in [3.05, 3.63) is 107 Å². The second-order valence-electron chi connectivity index (χ2n) is 7.14. The van der Waals surface area contributed by atoms with E-state index in [1.165, 1.54) is 33.4 Å². The van der Waals surface area contributed by atoms with Crippen molar-refractivity contribution in [1.29, 1.82) is 0 Å². The van der Waals surface area contributed by atoms with Crippen molar-refractivity contribution < 1.29 is 46.4 Å². The van der Waals surface area contributed by atoms with E-state index < -0.39 is 0 Å². The van der Waals surface area contributed by atoms with Crippen molar-refractivity contribution in [3.8, 4) is 0 Å². The van der Waals surface area contributed by atoms with Crippen LogP contribution in [0.2, 0.25) is 11.5 Å². The van der Waals surface area contributed by atoms with Gasteiger partial charge in [0.05, 0.1) is 0 Å². The zero-order chi connectivity index (χ0) is 20.4. The summed E-state index contributed by atoms with van der Waals surface area (Å²) in [5.74, 6) is 4.75. The summed E-state index contributed by atoms with van der Waals surface area (Å²) in [4.78, 5) is 0. The Morgan fingerprint density at radius 1 is 0.667 bits per heavy atom. The minimum Gasteiger partial charge on any atom is -1.00 e. The van der Waals surface area contributed by atoms with Crippen LogP contribution in [0.3, 0.4) is 0 Å². The molecule has 2 aliphatic carbocycles. The van der Waals surface area contributed by atoms with Crippen molar-refractivity contribution in [2.45, 2.75) is 38.2 Å². The normalized spacial score (nSPS) is 13.5. The van der Waals surface area contributed by atoms with Gasteiger partial charge in [-0.2, -0.15) is 0 Å². The van der Waals surface area contributed by atoms with E-state index in [0.29, 0.717) is 0 Å². The van der Waals surface area contributed by atoms with E-state index in [4.69, 9.17) is 0 Å². The van der Waals surface area contributed by atoms with Crippen LogP contribution >= 0.6 is 0 Å². The van der Waals surface area contributed by atoms with Crippen molar-refractivity contribution >= 4 is 21.1 Å². The SMILES string of the molecule is CC1=[C-]CC(c2ccccc2)=C1.CC1=[C-]CC(c2ccccc2)=C1.[CH3][Ge]([CH3])=[Zr+2].[Cl-].[Cl-]. The van der Waals surface area contributed by atoms with E-state index >= 15 is 0 Å². The van der Waals surface area contributed by atoms with Gasteiger partial charge in [0.1, 0.15) is 0 Å². The molecule has 0 bridgehead atoms. The van der Waals surface area contributed by atoms with Gasteiger partial charge < -0.3 is 24.8 Å². The van der Waals surface area contributed by atoms with E-state index in [1.54, 1.807) is 21.6 Å². The van der Waals surface area contributed by atoms with Gasteiger partial charge in [-0.25, -0.2) is 23.3 Å². The van der Waals surface area contributed by atoms with Gasteiger partial charge in [-0.15, -0.1) is 24.0 Å². The molecule has 0 fully saturated rings. The van der Waals surface area contributed by atoms with Gasteiger partial charge in [-0.3, -0.25) is 12.2 Å². The molecule has 2 aromatic rings. The minimum atomic E-state index is -0.243. The van der Waals surface area contributed by atoms with Crippen LogP contribution in [0.15, 0.2) is 84.0 Å². The summed E-state index contributed by atoms with van der Waals surface area (Å²) in [5, 5.41) is 0. The Kier molecular flexibility index (Phi) is 15.8. The Labute approximate surface area is 211 Å². The van der Waals surface area contributed by atoms with E-state index in [-0.39, 0.29) is 34.8 Å². The molecule has 30 heavy (non-hydrogen) atoms. The summed E-state index contributed by atoms with van der Waals surface area (Å²) < 4.78 is 0. The average Bonchev–Trinajstić information content (AvgIpc) is 3.32. The molecule has 0 saturated carbocycles. The quantitative estimate of drug-likeness (QED) is 0.374. The first-order valence-corrected chi connectivity index (χ1v) is 21.3. The molecular weight excluding hydrogens is 547 g/mol. The van der Waals surface area contributed by atoms with Crippen LogP contribution in [0.5, 0.6) is 0 Å². The number of halogens is 2. The summed E-state index contributed by atoms with van der Waals surface area (Å²) in [6, 6.07) is 21.0. The molecule has 0 amide bonds. The van der Waals surface area contributed by atoms with Crippen LogP contribution in [0, 0.1) is 12.2 Å². The molecule has 2 aliphatic rings. The largest absolute Gasteiger partial charge is 1.00 e. The van der Waals surface area contributed by atoms with E-state index in [1.807, 2.05) is 12.1 Å². The number of rotatable bonds is 2. The Bertz CT molecular complexity index is 835. The van der Waals surface area contributed by atoms with Crippen molar-refractivity contribution in [2.75, 3.05) is 0 Å². The van der Waals surface area contributed by atoms with E-state index in [2.05, 4.69) is 98.2 Å². The minimum absolute atomic E-state index is 0. The van der Waals surface area contributed by atoms with Gasteiger partial charge in [-0.05, 0) is 11.1 Å². The molecule has 0 radical (unpaired) electrons. The topological polar surface area (TPSA) is 0 Å². The summed E-state index contributed by atoms with van der Waals surface area (Å²) >= 11 is 1.80. The Morgan fingerprint density at radius 2 is 0.967 bits per heavy atom. The fraction of sp³-hybridized carbons (Fsp3) is 0.231. The van der Waals surface area contributed by atoms with Crippen molar-refractivity contribution in [3.63, 3.8) is 0 Å². The number of hydrogen-bond acceptors (Lipinski definition) is 0. The van der Waals surface area contributed by atoms with Crippen LogP contribution in [-0.4, -0.2) is 9.98 Å². The standard InChI is InChI=1S/2C12H11.C2H6Ge.2ClH.Zr/c2*1-10-7-8-12(9-10)11-5-3-2-4-6-11;1-3-2;;;/h2*2-6,9H,8H2,1H3;1-2H3;2*1H;/q2*-1;;;;+2/p-2. The molecule has 4 heteroatoms. The zero-order valence-electron chi connectivity index (χ0n) is 18.1. The molecular formula is C26H28Cl2GeZr-2. The predicted octanol–water partition coefficient (Wildman–Crippen LogP) is 1.24. The Hall–Kier alpha value is -0.594. The number of allylic oxidation sites excluding steroid dienone is 8. The first kappa shape index (κ1) is 29.4. The van der Waals surface area contributed by atoms with Gasteiger partial charge >= 0.3 is 43.1 Å². The van der Waals surface area contributed by atoms with Gasteiger partial charge in [0.25, 0.3) is 0 Å². The second kappa shape index (κ2) is 16.1. The third kappa shape index (κ3) is 11.1. The molecule has 0 unspecified atom stereocenters. The molecule has 2 aromatic carbocycles. The smallest absolute Gasteiger partial charge is 1.00 e. The fourth-order valence-corrected chi connectivity index (χ4v) is 2.87. The first-order valence-electron chi connectivity index (χ1n) is 9.64. The maximum atomic E-state index is 3.29. The second-order valence-corrected chi connectivity index (χ2v) is 24.1. The molecule has 0 atom stereocenters. The van der Waals surface area contributed by atoms with Crippen molar-refractivity contribution in [1.82, 2.24) is 0 Å². The summed E-state index contributed by atoms with van der Waals surface area (Å²) in [7, 11) is -0.243. The zero-order valence-corrected chi connectivity index (χ0v) is 24.2.